The molecule has 4 aromatic rings. The maximum Gasteiger partial charge on any atom is 0.256 e. The van der Waals surface area contributed by atoms with Gasteiger partial charge < -0.3 is 15.6 Å². The molecule has 1 aliphatic heterocycles. The van der Waals surface area contributed by atoms with Gasteiger partial charge in [0.05, 0.1) is 17.4 Å². The summed E-state index contributed by atoms with van der Waals surface area (Å²) in [6.07, 6.45) is 4.27. The lowest BCUT2D eigenvalue weighted by molar-refractivity contribution is 0.0787. The standard InChI is InChI=1S/C24H22FN5O2/c25-19-3-6-22-17(9-19)10-21(23(31)28-22)18-12-27-30(14-18)20-4-1-16(2-5-20)24(32)29-8-7-15(11-26)13-29/h1-6,9-10,12,14-15H,7-8,11,13,26H2,(H,28,31)/t15-/m0/s1. The lowest BCUT2D eigenvalue weighted by Crippen LogP contribution is -2.29. The van der Waals surface area contributed by atoms with Gasteiger partial charge in [-0.15, -0.1) is 0 Å². The Morgan fingerprint density at radius 1 is 1.19 bits per heavy atom. The number of rotatable bonds is 4. The average Bonchev–Trinajstić information content (AvgIpc) is 3.48. The number of nitrogens with zero attached hydrogens (tertiary/aromatic N) is 3. The highest BCUT2D eigenvalue weighted by Gasteiger charge is 2.25. The number of fused-ring (bicyclic) bond motifs is 1. The van der Waals surface area contributed by atoms with Crippen molar-refractivity contribution < 1.29 is 9.18 Å². The Balaban J connectivity index is 1.39. The topological polar surface area (TPSA) is 97.0 Å². The van der Waals surface area contributed by atoms with Gasteiger partial charge >= 0.3 is 0 Å². The quantitative estimate of drug-likeness (QED) is 0.519. The van der Waals surface area contributed by atoms with Crippen LogP contribution < -0.4 is 11.3 Å². The summed E-state index contributed by atoms with van der Waals surface area (Å²) in [7, 11) is 0. The molecule has 1 aliphatic rings. The molecule has 0 aliphatic carbocycles. The van der Waals surface area contributed by atoms with E-state index in [0.717, 1.165) is 18.7 Å². The number of aromatic nitrogens is 3. The van der Waals surface area contributed by atoms with Crippen LogP contribution in [0.4, 0.5) is 4.39 Å². The third-order valence-electron chi connectivity index (χ3n) is 5.99. The molecule has 0 saturated carbocycles. The molecule has 1 fully saturated rings. The van der Waals surface area contributed by atoms with E-state index in [9.17, 15) is 14.0 Å². The minimum Gasteiger partial charge on any atom is -0.338 e. The first-order chi connectivity index (χ1) is 15.5. The molecule has 0 bridgehead atoms. The van der Waals surface area contributed by atoms with E-state index >= 15 is 0 Å². The highest BCUT2D eigenvalue weighted by Crippen LogP contribution is 2.22. The van der Waals surface area contributed by atoms with Crippen LogP contribution in [0.5, 0.6) is 0 Å². The number of nitrogens with one attached hydrogen (secondary N) is 1. The Morgan fingerprint density at radius 3 is 2.75 bits per heavy atom. The minimum absolute atomic E-state index is 0.00332. The largest absolute Gasteiger partial charge is 0.338 e. The average molecular weight is 431 g/mol. The van der Waals surface area contributed by atoms with Crippen molar-refractivity contribution in [3.63, 3.8) is 0 Å². The van der Waals surface area contributed by atoms with E-state index in [4.69, 9.17) is 5.73 Å². The Morgan fingerprint density at radius 2 is 2.00 bits per heavy atom. The normalized spacial score (nSPS) is 16.1. The zero-order valence-electron chi connectivity index (χ0n) is 17.3. The van der Waals surface area contributed by atoms with Gasteiger partial charge in [-0.1, -0.05) is 0 Å². The van der Waals surface area contributed by atoms with Crippen molar-refractivity contribution in [1.29, 1.82) is 0 Å². The molecule has 1 atom stereocenters. The zero-order chi connectivity index (χ0) is 22.2. The van der Waals surface area contributed by atoms with E-state index in [2.05, 4.69) is 10.1 Å². The van der Waals surface area contributed by atoms with Crippen LogP contribution in [0.3, 0.4) is 0 Å². The molecule has 3 N–H and O–H groups in total. The van der Waals surface area contributed by atoms with Gasteiger partial charge in [0.1, 0.15) is 5.82 Å². The fourth-order valence-corrected chi connectivity index (χ4v) is 4.14. The number of hydrogen-bond acceptors (Lipinski definition) is 4. The number of carbonyl (C=O) groups excluding carboxylic acids is 1. The molecule has 5 rings (SSSR count). The number of H-pyrrole nitrogens is 1. The Labute approximate surface area is 183 Å². The SMILES string of the molecule is NC[C@@H]1CCN(C(=O)c2ccc(-n3cc(-c4cc5cc(F)ccc5[nH]c4=O)cn3)cc2)C1. The van der Waals surface area contributed by atoms with Crippen LogP contribution in [0, 0.1) is 11.7 Å². The molecule has 7 nitrogen and oxygen atoms in total. The second kappa shape index (κ2) is 8.05. The fraction of sp³-hybridized carbons (Fsp3) is 0.208. The third-order valence-corrected chi connectivity index (χ3v) is 5.99. The summed E-state index contributed by atoms with van der Waals surface area (Å²) in [5.41, 5.74) is 8.42. The fourth-order valence-electron chi connectivity index (χ4n) is 4.14. The van der Waals surface area contributed by atoms with Crippen LogP contribution in [0.2, 0.25) is 0 Å². The van der Waals surface area contributed by atoms with E-state index in [1.165, 1.54) is 12.1 Å². The number of likely N-dealkylation sites (tertiary alicyclic amines) is 1. The summed E-state index contributed by atoms with van der Waals surface area (Å²) in [6, 6.07) is 13.1. The van der Waals surface area contributed by atoms with Crippen molar-refractivity contribution >= 4 is 16.8 Å². The molecule has 2 aromatic heterocycles. The smallest absolute Gasteiger partial charge is 0.256 e. The summed E-state index contributed by atoms with van der Waals surface area (Å²) in [6.45, 7) is 2.03. The number of halogens is 1. The molecule has 0 unspecified atom stereocenters. The van der Waals surface area contributed by atoms with E-state index in [1.54, 1.807) is 41.3 Å². The van der Waals surface area contributed by atoms with Crippen LogP contribution in [-0.2, 0) is 0 Å². The van der Waals surface area contributed by atoms with Gasteiger partial charge in [-0.2, -0.15) is 5.10 Å². The Bertz CT molecular complexity index is 1360. The predicted octanol–water partition coefficient (Wildman–Crippen LogP) is 2.94. The van der Waals surface area contributed by atoms with Crippen LogP contribution in [0.1, 0.15) is 16.8 Å². The molecule has 8 heteroatoms. The first-order valence-corrected chi connectivity index (χ1v) is 10.5. The van der Waals surface area contributed by atoms with E-state index < -0.39 is 0 Å². The first kappa shape index (κ1) is 20.1. The number of carbonyl (C=O) groups is 1. The summed E-state index contributed by atoms with van der Waals surface area (Å²) < 4.78 is 15.2. The summed E-state index contributed by atoms with van der Waals surface area (Å²) in [4.78, 5) is 29.8. The van der Waals surface area contributed by atoms with Gasteiger partial charge in [0.2, 0.25) is 0 Å². The molecule has 3 heterocycles. The van der Waals surface area contributed by atoms with Crippen LogP contribution in [0.25, 0.3) is 27.7 Å². The second-order valence-corrected chi connectivity index (χ2v) is 8.11. The van der Waals surface area contributed by atoms with Gasteiger partial charge in [0.15, 0.2) is 0 Å². The van der Waals surface area contributed by atoms with Crippen molar-refractivity contribution in [1.82, 2.24) is 19.7 Å². The summed E-state index contributed by atoms with van der Waals surface area (Å²) in [5.74, 6) is 0.00682. The van der Waals surface area contributed by atoms with Crippen molar-refractivity contribution in [2.75, 3.05) is 19.6 Å². The number of aromatic amines is 1. The molecular weight excluding hydrogens is 409 g/mol. The van der Waals surface area contributed by atoms with Crippen LogP contribution >= 0.6 is 0 Å². The number of pyridine rings is 1. The van der Waals surface area contributed by atoms with E-state index in [-0.39, 0.29) is 17.3 Å². The maximum absolute atomic E-state index is 13.6. The molecule has 0 radical (unpaired) electrons. The van der Waals surface area contributed by atoms with Gasteiger partial charge in [0, 0.05) is 41.3 Å². The van der Waals surface area contributed by atoms with E-state index in [0.29, 0.717) is 46.6 Å². The van der Waals surface area contributed by atoms with Gasteiger partial charge in [-0.05, 0) is 67.4 Å². The second-order valence-electron chi connectivity index (χ2n) is 8.11. The summed E-state index contributed by atoms with van der Waals surface area (Å²) >= 11 is 0. The molecular formula is C24H22FN5O2. The highest BCUT2D eigenvalue weighted by atomic mass is 19.1. The highest BCUT2D eigenvalue weighted by molar-refractivity contribution is 5.94. The van der Waals surface area contributed by atoms with Crippen molar-refractivity contribution in [3.05, 3.63) is 82.7 Å². The third kappa shape index (κ3) is 3.69. The van der Waals surface area contributed by atoms with Crippen LogP contribution in [0.15, 0.2) is 65.7 Å². The maximum atomic E-state index is 13.6. The van der Waals surface area contributed by atoms with E-state index in [1.807, 2.05) is 17.0 Å². The van der Waals surface area contributed by atoms with Gasteiger partial charge in [-0.3, -0.25) is 9.59 Å². The lowest BCUT2D eigenvalue weighted by Gasteiger charge is -2.16. The van der Waals surface area contributed by atoms with Crippen molar-refractivity contribution in [2.45, 2.75) is 6.42 Å². The molecule has 32 heavy (non-hydrogen) atoms. The van der Waals surface area contributed by atoms with Gasteiger partial charge in [0.25, 0.3) is 11.5 Å². The number of hydrogen-bond donors (Lipinski definition) is 2. The molecule has 1 saturated heterocycles. The molecule has 2 aromatic carbocycles. The number of amides is 1. The van der Waals surface area contributed by atoms with Crippen molar-refractivity contribution in [2.24, 2.45) is 11.7 Å². The minimum atomic E-state index is -0.367. The predicted molar refractivity (Wildman–Crippen MR) is 120 cm³/mol. The molecule has 0 spiro atoms. The van der Waals surface area contributed by atoms with Crippen LogP contribution in [-0.4, -0.2) is 45.2 Å². The lowest BCUT2D eigenvalue weighted by atomic mass is 10.1. The van der Waals surface area contributed by atoms with Crippen molar-refractivity contribution in [3.8, 4) is 16.8 Å². The first-order valence-electron chi connectivity index (χ1n) is 10.5. The number of benzene rings is 2. The molecule has 162 valence electrons. The monoisotopic (exact) mass is 431 g/mol. The molecule has 1 amide bonds. The number of nitrogens with two attached hydrogens (primary N) is 1. The zero-order valence-corrected chi connectivity index (χ0v) is 17.3. The Kier molecular flexibility index (Phi) is 5.07. The summed E-state index contributed by atoms with van der Waals surface area (Å²) in [5, 5.41) is 4.96. The van der Waals surface area contributed by atoms with Gasteiger partial charge in [-0.25, -0.2) is 9.07 Å². The Hall–Kier alpha value is -3.78.